The topological polar surface area (TPSA) is 41.5 Å². The standard InChI is InChI=1S/C17H33NO2/c1-16(2,8-6-12-19)14-18-13-15-7-11-17(20-15)9-4-3-5-10-17/h15,18-19H,3-14H2,1-2H3. The second-order valence-electron chi connectivity index (χ2n) is 7.64. The van der Waals surface area contributed by atoms with Crippen molar-refractivity contribution >= 4 is 0 Å². The highest BCUT2D eigenvalue weighted by atomic mass is 16.5. The Morgan fingerprint density at radius 3 is 2.65 bits per heavy atom. The van der Waals surface area contributed by atoms with Gasteiger partial charge < -0.3 is 15.2 Å². The van der Waals surface area contributed by atoms with Crippen LogP contribution in [0.25, 0.3) is 0 Å². The number of hydrogen-bond donors (Lipinski definition) is 2. The number of hydrogen-bond acceptors (Lipinski definition) is 3. The zero-order chi connectivity index (χ0) is 14.5. The van der Waals surface area contributed by atoms with Gasteiger partial charge in [-0.1, -0.05) is 33.1 Å². The van der Waals surface area contributed by atoms with Crippen LogP contribution < -0.4 is 5.32 Å². The smallest absolute Gasteiger partial charge is 0.0708 e. The van der Waals surface area contributed by atoms with E-state index in [-0.39, 0.29) is 11.0 Å². The highest BCUT2D eigenvalue weighted by Gasteiger charge is 2.40. The number of aliphatic hydroxyl groups is 1. The van der Waals surface area contributed by atoms with Crippen LogP contribution in [0.5, 0.6) is 0 Å². The Kier molecular flexibility index (Phi) is 5.88. The van der Waals surface area contributed by atoms with Crippen LogP contribution in [-0.4, -0.2) is 36.5 Å². The largest absolute Gasteiger partial charge is 0.396 e. The Balaban J connectivity index is 1.65. The van der Waals surface area contributed by atoms with Crippen molar-refractivity contribution in [3.05, 3.63) is 0 Å². The fraction of sp³-hybridized carbons (Fsp3) is 1.00. The van der Waals surface area contributed by atoms with Crippen molar-refractivity contribution in [1.82, 2.24) is 5.32 Å². The van der Waals surface area contributed by atoms with Crippen LogP contribution in [0.3, 0.4) is 0 Å². The molecule has 2 rings (SSSR count). The molecule has 1 saturated carbocycles. The maximum absolute atomic E-state index is 8.93. The van der Waals surface area contributed by atoms with Crippen molar-refractivity contribution in [2.75, 3.05) is 19.7 Å². The summed E-state index contributed by atoms with van der Waals surface area (Å²) in [7, 11) is 0. The first-order valence-corrected chi connectivity index (χ1v) is 8.55. The molecule has 1 atom stereocenters. The average Bonchev–Trinajstić information content (AvgIpc) is 2.80. The molecule has 0 bridgehead atoms. The highest BCUT2D eigenvalue weighted by Crippen LogP contribution is 2.41. The lowest BCUT2D eigenvalue weighted by Crippen LogP contribution is -2.37. The first-order chi connectivity index (χ1) is 9.55. The van der Waals surface area contributed by atoms with Gasteiger partial charge in [0.15, 0.2) is 0 Å². The van der Waals surface area contributed by atoms with E-state index in [1.165, 1.54) is 44.9 Å². The molecule has 1 aliphatic heterocycles. The molecular formula is C17H33NO2. The molecule has 0 radical (unpaired) electrons. The zero-order valence-electron chi connectivity index (χ0n) is 13.4. The van der Waals surface area contributed by atoms with E-state index in [1.54, 1.807) is 0 Å². The van der Waals surface area contributed by atoms with E-state index in [1.807, 2.05) is 0 Å². The second kappa shape index (κ2) is 7.24. The first-order valence-electron chi connectivity index (χ1n) is 8.55. The van der Waals surface area contributed by atoms with Crippen molar-refractivity contribution in [2.45, 2.75) is 83.3 Å². The third kappa shape index (κ3) is 4.71. The number of aliphatic hydroxyl groups excluding tert-OH is 1. The molecule has 2 N–H and O–H groups in total. The lowest BCUT2D eigenvalue weighted by Gasteiger charge is -2.33. The predicted molar refractivity (Wildman–Crippen MR) is 82.9 cm³/mol. The lowest BCUT2D eigenvalue weighted by molar-refractivity contribution is -0.0627. The average molecular weight is 283 g/mol. The van der Waals surface area contributed by atoms with Crippen molar-refractivity contribution in [1.29, 1.82) is 0 Å². The van der Waals surface area contributed by atoms with Gasteiger partial charge in [0.2, 0.25) is 0 Å². The van der Waals surface area contributed by atoms with Crippen LogP contribution in [0.1, 0.15) is 71.6 Å². The molecule has 1 spiro atoms. The fourth-order valence-electron chi connectivity index (χ4n) is 3.82. The molecule has 1 unspecified atom stereocenters. The van der Waals surface area contributed by atoms with Gasteiger partial charge in [0.1, 0.15) is 0 Å². The van der Waals surface area contributed by atoms with Gasteiger partial charge in [-0.25, -0.2) is 0 Å². The molecule has 118 valence electrons. The van der Waals surface area contributed by atoms with Gasteiger partial charge >= 0.3 is 0 Å². The molecule has 2 fully saturated rings. The predicted octanol–water partition coefficient (Wildman–Crippen LogP) is 3.26. The number of nitrogens with one attached hydrogen (secondary N) is 1. The molecule has 0 aromatic heterocycles. The summed E-state index contributed by atoms with van der Waals surface area (Å²) in [4.78, 5) is 0. The molecular weight excluding hydrogens is 250 g/mol. The number of ether oxygens (including phenoxy) is 1. The van der Waals surface area contributed by atoms with Crippen molar-refractivity contribution in [3.63, 3.8) is 0 Å². The maximum atomic E-state index is 8.93. The van der Waals surface area contributed by atoms with Gasteiger partial charge in [0.25, 0.3) is 0 Å². The summed E-state index contributed by atoms with van der Waals surface area (Å²) in [5.74, 6) is 0. The third-order valence-corrected chi connectivity index (χ3v) is 5.09. The molecule has 0 amide bonds. The molecule has 3 heteroatoms. The van der Waals surface area contributed by atoms with E-state index in [2.05, 4.69) is 19.2 Å². The Morgan fingerprint density at radius 1 is 1.20 bits per heavy atom. The van der Waals surface area contributed by atoms with Crippen LogP contribution in [-0.2, 0) is 4.74 Å². The van der Waals surface area contributed by atoms with Crippen LogP contribution in [0, 0.1) is 5.41 Å². The summed E-state index contributed by atoms with van der Waals surface area (Å²) in [5, 5.41) is 12.5. The summed E-state index contributed by atoms with van der Waals surface area (Å²) >= 11 is 0. The second-order valence-corrected chi connectivity index (χ2v) is 7.64. The molecule has 2 aliphatic rings. The first kappa shape index (κ1) is 16.3. The Labute approximate surface area is 124 Å². The van der Waals surface area contributed by atoms with Gasteiger partial charge in [-0.3, -0.25) is 0 Å². The van der Waals surface area contributed by atoms with Crippen molar-refractivity contribution in [2.24, 2.45) is 5.41 Å². The summed E-state index contributed by atoms with van der Waals surface area (Å²) in [5.41, 5.74) is 0.515. The monoisotopic (exact) mass is 283 g/mol. The van der Waals surface area contributed by atoms with Crippen LogP contribution in [0.4, 0.5) is 0 Å². The van der Waals surface area contributed by atoms with Gasteiger partial charge in [0.05, 0.1) is 11.7 Å². The maximum Gasteiger partial charge on any atom is 0.0708 e. The van der Waals surface area contributed by atoms with E-state index >= 15 is 0 Å². The van der Waals surface area contributed by atoms with Crippen molar-refractivity contribution in [3.8, 4) is 0 Å². The van der Waals surface area contributed by atoms with E-state index in [0.29, 0.717) is 12.7 Å². The Hall–Kier alpha value is -0.120. The minimum atomic E-state index is 0.247. The Morgan fingerprint density at radius 2 is 1.95 bits per heavy atom. The summed E-state index contributed by atoms with van der Waals surface area (Å²) in [6, 6.07) is 0. The molecule has 0 aromatic carbocycles. The summed E-state index contributed by atoms with van der Waals surface area (Å²) < 4.78 is 6.38. The van der Waals surface area contributed by atoms with E-state index < -0.39 is 0 Å². The van der Waals surface area contributed by atoms with Gasteiger partial charge in [-0.15, -0.1) is 0 Å². The molecule has 1 saturated heterocycles. The molecule has 20 heavy (non-hydrogen) atoms. The quantitative estimate of drug-likeness (QED) is 0.753. The normalized spacial score (nSPS) is 26.2. The zero-order valence-corrected chi connectivity index (χ0v) is 13.4. The third-order valence-electron chi connectivity index (χ3n) is 5.09. The van der Waals surface area contributed by atoms with Crippen LogP contribution >= 0.6 is 0 Å². The van der Waals surface area contributed by atoms with Gasteiger partial charge in [-0.2, -0.15) is 0 Å². The minimum absolute atomic E-state index is 0.247. The minimum Gasteiger partial charge on any atom is -0.396 e. The lowest BCUT2D eigenvalue weighted by atomic mass is 9.83. The van der Waals surface area contributed by atoms with Crippen LogP contribution in [0.15, 0.2) is 0 Å². The van der Waals surface area contributed by atoms with Gasteiger partial charge in [0, 0.05) is 19.7 Å². The fourth-order valence-corrected chi connectivity index (χ4v) is 3.82. The van der Waals surface area contributed by atoms with Gasteiger partial charge in [-0.05, 0) is 43.9 Å². The number of rotatable bonds is 7. The molecule has 1 heterocycles. The van der Waals surface area contributed by atoms with Crippen molar-refractivity contribution < 1.29 is 9.84 Å². The Bertz CT molecular complexity index is 285. The highest BCUT2D eigenvalue weighted by molar-refractivity contribution is 4.92. The molecule has 3 nitrogen and oxygen atoms in total. The SMILES string of the molecule is CC(C)(CCCO)CNCC1CCC2(CCCCC2)O1. The van der Waals surface area contributed by atoms with Crippen LogP contribution in [0.2, 0.25) is 0 Å². The molecule has 0 aromatic rings. The summed E-state index contributed by atoms with van der Waals surface area (Å²) in [6.07, 6.45) is 11.6. The van der Waals surface area contributed by atoms with E-state index in [9.17, 15) is 0 Å². The van der Waals surface area contributed by atoms with E-state index in [4.69, 9.17) is 9.84 Å². The van der Waals surface area contributed by atoms with E-state index in [0.717, 1.165) is 25.9 Å². The summed E-state index contributed by atoms with van der Waals surface area (Å²) in [6.45, 7) is 6.85. The molecule has 1 aliphatic carbocycles.